The maximum Gasteiger partial charge on any atom is 0.221 e. The van der Waals surface area contributed by atoms with Gasteiger partial charge in [-0.05, 0) is 46.9 Å². The van der Waals surface area contributed by atoms with Crippen molar-refractivity contribution >= 4 is 45.7 Å². The standard InChI is InChI=1S/C10H10IN5/c11-6-1-2-7(12)8(5-6)15-9-3-4-14-10(13)16-9/h1-5H,12H2,(H3,13,14,15,16). The van der Waals surface area contributed by atoms with Crippen LogP contribution in [0.15, 0.2) is 30.5 Å². The molecule has 82 valence electrons. The van der Waals surface area contributed by atoms with Crippen molar-refractivity contribution < 1.29 is 0 Å². The Kier molecular flexibility index (Phi) is 3.09. The molecule has 0 fully saturated rings. The Morgan fingerprint density at radius 3 is 2.75 bits per heavy atom. The average Bonchev–Trinajstić information content (AvgIpc) is 2.24. The van der Waals surface area contributed by atoms with Crippen LogP contribution in [0.1, 0.15) is 0 Å². The molecule has 6 heteroatoms. The van der Waals surface area contributed by atoms with Gasteiger partial charge in [0.1, 0.15) is 5.82 Å². The Morgan fingerprint density at radius 2 is 2.00 bits per heavy atom. The summed E-state index contributed by atoms with van der Waals surface area (Å²) < 4.78 is 1.09. The second-order valence-electron chi connectivity index (χ2n) is 3.16. The maximum absolute atomic E-state index is 5.83. The molecule has 5 N–H and O–H groups in total. The number of hydrogen-bond acceptors (Lipinski definition) is 5. The Balaban J connectivity index is 2.30. The van der Waals surface area contributed by atoms with Crippen molar-refractivity contribution in [3.05, 3.63) is 34.0 Å². The second kappa shape index (κ2) is 4.52. The summed E-state index contributed by atoms with van der Waals surface area (Å²) in [6.07, 6.45) is 1.59. The molecule has 0 spiro atoms. The van der Waals surface area contributed by atoms with Crippen LogP contribution in [0.4, 0.5) is 23.1 Å². The molecule has 0 saturated carbocycles. The lowest BCUT2D eigenvalue weighted by atomic mass is 10.3. The summed E-state index contributed by atoms with van der Waals surface area (Å²) in [5, 5.41) is 3.09. The molecular formula is C10H10IN5. The fourth-order valence-electron chi connectivity index (χ4n) is 1.22. The molecule has 0 bridgehead atoms. The molecule has 5 nitrogen and oxygen atoms in total. The zero-order chi connectivity index (χ0) is 11.5. The normalized spacial score (nSPS) is 10.1. The fourth-order valence-corrected chi connectivity index (χ4v) is 1.71. The molecular weight excluding hydrogens is 317 g/mol. The summed E-state index contributed by atoms with van der Waals surface area (Å²) in [6.45, 7) is 0. The zero-order valence-electron chi connectivity index (χ0n) is 8.31. The van der Waals surface area contributed by atoms with Crippen molar-refractivity contribution in [2.24, 2.45) is 0 Å². The van der Waals surface area contributed by atoms with E-state index in [1.165, 1.54) is 0 Å². The van der Waals surface area contributed by atoms with Gasteiger partial charge in [0.2, 0.25) is 5.95 Å². The van der Waals surface area contributed by atoms with Gasteiger partial charge in [0.05, 0.1) is 11.4 Å². The SMILES string of the molecule is Nc1nccc(Nc2cc(I)ccc2N)n1. The van der Waals surface area contributed by atoms with Gasteiger partial charge in [0.15, 0.2) is 0 Å². The molecule has 0 aliphatic rings. The summed E-state index contributed by atoms with van der Waals surface area (Å²) in [5.41, 5.74) is 12.8. The lowest BCUT2D eigenvalue weighted by Gasteiger charge is -2.08. The van der Waals surface area contributed by atoms with Crippen LogP contribution in [-0.2, 0) is 0 Å². The van der Waals surface area contributed by atoms with Gasteiger partial charge < -0.3 is 16.8 Å². The molecule has 1 heterocycles. The third-order valence-corrected chi connectivity index (χ3v) is 2.62. The van der Waals surface area contributed by atoms with Crippen LogP contribution in [0.3, 0.4) is 0 Å². The molecule has 0 radical (unpaired) electrons. The topological polar surface area (TPSA) is 89.8 Å². The van der Waals surface area contributed by atoms with E-state index in [2.05, 4.69) is 37.9 Å². The van der Waals surface area contributed by atoms with Crippen LogP contribution >= 0.6 is 22.6 Å². The largest absolute Gasteiger partial charge is 0.397 e. The average molecular weight is 327 g/mol. The van der Waals surface area contributed by atoms with Crippen molar-refractivity contribution in [1.29, 1.82) is 0 Å². The number of hydrogen-bond donors (Lipinski definition) is 3. The second-order valence-corrected chi connectivity index (χ2v) is 4.40. The van der Waals surface area contributed by atoms with E-state index in [0.717, 1.165) is 9.26 Å². The predicted molar refractivity (Wildman–Crippen MR) is 73.3 cm³/mol. The van der Waals surface area contributed by atoms with Crippen molar-refractivity contribution in [2.75, 3.05) is 16.8 Å². The number of rotatable bonds is 2. The molecule has 0 unspecified atom stereocenters. The van der Waals surface area contributed by atoms with Crippen molar-refractivity contribution in [3.8, 4) is 0 Å². The zero-order valence-corrected chi connectivity index (χ0v) is 10.5. The van der Waals surface area contributed by atoms with Gasteiger partial charge in [0, 0.05) is 9.77 Å². The number of aromatic nitrogens is 2. The minimum absolute atomic E-state index is 0.231. The highest BCUT2D eigenvalue weighted by Crippen LogP contribution is 2.24. The quantitative estimate of drug-likeness (QED) is 0.580. The molecule has 2 aromatic rings. The van der Waals surface area contributed by atoms with Gasteiger partial charge in [-0.1, -0.05) is 0 Å². The van der Waals surface area contributed by atoms with Crippen molar-refractivity contribution in [2.45, 2.75) is 0 Å². The first-order valence-electron chi connectivity index (χ1n) is 4.56. The minimum atomic E-state index is 0.231. The van der Waals surface area contributed by atoms with Crippen LogP contribution < -0.4 is 16.8 Å². The molecule has 2 rings (SSSR count). The van der Waals surface area contributed by atoms with Gasteiger partial charge in [-0.15, -0.1) is 0 Å². The predicted octanol–water partition coefficient (Wildman–Crippen LogP) is 1.99. The fraction of sp³-hybridized carbons (Fsp3) is 0. The number of nitrogens with two attached hydrogens (primary N) is 2. The maximum atomic E-state index is 5.83. The van der Waals surface area contributed by atoms with E-state index in [4.69, 9.17) is 11.5 Å². The van der Waals surface area contributed by atoms with E-state index in [1.807, 2.05) is 18.2 Å². The first-order chi connectivity index (χ1) is 7.65. The van der Waals surface area contributed by atoms with Gasteiger partial charge in [0.25, 0.3) is 0 Å². The molecule has 0 aliphatic heterocycles. The highest BCUT2D eigenvalue weighted by Gasteiger charge is 2.01. The lowest BCUT2D eigenvalue weighted by molar-refractivity contribution is 1.18. The highest BCUT2D eigenvalue weighted by atomic mass is 127. The van der Waals surface area contributed by atoms with E-state index in [0.29, 0.717) is 11.5 Å². The summed E-state index contributed by atoms with van der Waals surface area (Å²) in [7, 11) is 0. The Morgan fingerprint density at radius 1 is 1.19 bits per heavy atom. The van der Waals surface area contributed by atoms with Crippen molar-refractivity contribution in [1.82, 2.24) is 9.97 Å². The monoisotopic (exact) mass is 327 g/mol. The Labute approximate surface area is 106 Å². The molecule has 0 saturated heterocycles. The number of benzene rings is 1. The first kappa shape index (κ1) is 10.9. The summed E-state index contributed by atoms with van der Waals surface area (Å²) in [6, 6.07) is 7.45. The highest BCUT2D eigenvalue weighted by molar-refractivity contribution is 14.1. The molecule has 0 atom stereocenters. The summed E-state index contributed by atoms with van der Waals surface area (Å²) in [4.78, 5) is 7.85. The summed E-state index contributed by atoms with van der Waals surface area (Å²) in [5.74, 6) is 0.857. The smallest absolute Gasteiger partial charge is 0.221 e. The van der Waals surface area contributed by atoms with E-state index >= 15 is 0 Å². The van der Waals surface area contributed by atoms with E-state index in [-0.39, 0.29) is 5.95 Å². The third kappa shape index (κ3) is 2.51. The van der Waals surface area contributed by atoms with E-state index < -0.39 is 0 Å². The van der Waals surface area contributed by atoms with Crippen LogP contribution in [0.25, 0.3) is 0 Å². The van der Waals surface area contributed by atoms with Crippen LogP contribution in [-0.4, -0.2) is 9.97 Å². The van der Waals surface area contributed by atoms with Gasteiger partial charge >= 0.3 is 0 Å². The number of nitrogens with zero attached hydrogens (tertiary/aromatic N) is 2. The number of nitrogen functional groups attached to an aromatic ring is 2. The van der Waals surface area contributed by atoms with Crippen molar-refractivity contribution in [3.63, 3.8) is 0 Å². The third-order valence-electron chi connectivity index (χ3n) is 1.95. The number of halogens is 1. The molecule has 0 amide bonds. The number of nitrogens with one attached hydrogen (secondary N) is 1. The van der Waals surface area contributed by atoms with Crippen LogP contribution in [0.2, 0.25) is 0 Å². The Hall–Kier alpha value is -1.57. The lowest BCUT2D eigenvalue weighted by Crippen LogP contribution is -2.01. The van der Waals surface area contributed by atoms with Gasteiger partial charge in [-0.3, -0.25) is 0 Å². The van der Waals surface area contributed by atoms with Gasteiger partial charge in [-0.25, -0.2) is 4.98 Å². The van der Waals surface area contributed by atoms with Crippen LogP contribution in [0, 0.1) is 3.57 Å². The molecule has 0 aliphatic carbocycles. The summed E-state index contributed by atoms with van der Waals surface area (Å²) >= 11 is 2.22. The number of anilines is 4. The van der Waals surface area contributed by atoms with E-state index in [1.54, 1.807) is 12.3 Å². The molecule has 1 aromatic heterocycles. The van der Waals surface area contributed by atoms with Gasteiger partial charge in [-0.2, -0.15) is 4.98 Å². The van der Waals surface area contributed by atoms with Crippen LogP contribution in [0.5, 0.6) is 0 Å². The molecule has 1 aromatic carbocycles. The van der Waals surface area contributed by atoms with E-state index in [9.17, 15) is 0 Å². The minimum Gasteiger partial charge on any atom is -0.397 e. The Bertz CT molecular complexity index is 514. The molecule has 16 heavy (non-hydrogen) atoms. The first-order valence-corrected chi connectivity index (χ1v) is 5.63.